The van der Waals surface area contributed by atoms with Crippen LogP contribution >= 0.6 is 11.3 Å². The zero-order valence-corrected chi connectivity index (χ0v) is 11.2. The van der Waals surface area contributed by atoms with Crippen molar-refractivity contribution in [3.8, 4) is 0 Å². The van der Waals surface area contributed by atoms with Crippen LogP contribution in [0.3, 0.4) is 0 Å². The van der Waals surface area contributed by atoms with Gasteiger partial charge in [-0.25, -0.2) is 4.98 Å². The first kappa shape index (κ1) is 11.6. The molecule has 0 bridgehead atoms. The van der Waals surface area contributed by atoms with Gasteiger partial charge in [-0.1, -0.05) is 18.2 Å². The molecular weight excluding hydrogens is 242 g/mol. The molecule has 0 saturated heterocycles. The van der Waals surface area contributed by atoms with E-state index in [1.54, 1.807) is 6.20 Å². The zero-order chi connectivity index (χ0) is 12.5. The van der Waals surface area contributed by atoms with E-state index in [2.05, 4.69) is 23.2 Å². The molecule has 0 aliphatic heterocycles. The summed E-state index contributed by atoms with van der Waals surface area (Å²) in [7, 11) is 0. The molecule has 92 valence electrons. The van der Waals surface area contributed by atoms with Crippen molar-refractivity contribution in [1.29, 1.82) is 0 Å². The van der Waals surface area contributed by atoms with E-state index in [1.807, 2.05) is 6.92 Å². The molecule has 3 heteroatoms. The minimum Gasteiger partial charge on any atom is -0.293 e. The number of aryl methyl sites for hydroxylation is 3. The monoisotopic (exact) mass is 257 g/mol. The number of thiazole rings is 1. The lowest BCUT2D eigenvalue weighted by Gasteiger charge is -2.03. The summed E-state index contributed by atoms with van der Waals surface area (Å²) in [5, 5.41) is 0.951. The molecule has 2 nitrogen and oxygen atoms in total. The highest BCUT2D eigenvalue weighted by Gasteiger charge is 2.14. The number of carbonyl (C=O) groups excluding carboxylic acids is 1. The summed E-state index contributed by atoms with van der Waals surface area (Å²) in [6.07, 6.45) is 5.79. The molecule has 3 rings (SSSR count). The maximum absolute atomic E-state index is 12.1. The lowest BCUT2D eigenvalue weighted by atomic mass is 10.0. The minimum atomic E-state index is 0.179. The summed E-state index contributed by atoms with van der Waals surface area (Å²) in [6.45, 7) is 1.93. The number of rotatable bonds is 3. The summed E-state index contributed by atoms with van der Waals surface area (Å²) in [6, 6.07) is 6.48. The van der Waals surface area contributed by atoms with Gasteiger partial charge in [0.05, 0.1) is 9.88 Å². The van der Waals surface area contributed by atoms with E-state index in [0.717, 1.165) is 21.9 Å². The number of benzene rings is 1. The van der Waals surface area contributed by atoms with E-state index < -0.39 is 0 Å². The van der Waals surface area contributed by atoms with Gasteiger partial charge in [-0.2, -0.15) is 0 Å². The van der Waals surface area contributed by atoms with E-state index in [-0.39, 0.29) is 5.78 Å². The molecule has 0 N–H and O–H groups in total. The quantitative estimate of drug-likeness (QED) is 0.789. The average molecular weight is 257 g/mol. The van der Waals surface area contributed by atoms with Crippen LogP contribution in [0.25, 0.3) is 0 Å². The van der Waals surface area contributed by atoms with Gasteiger partial charge in [0.25, 0.3) is 0 Å². The fraction of sp³-hybridized carbons (Fsp3) is 0.333. The van der Waals surface area contributed by atoms with E-state index >= 15 is 0 Å². The molecule has 0 amide bonds. The highest BCUT2D eigenvalue weighted by molar-refractivity contribution is 7.13. The predicted octanol–water partition coefficient (Wildman–Crippen LogP) is 3.37. The van der Waals surface area contributed by atoms with Crippen LogP contribution in [-0.4, -0.2) is 10.8 Å². The summed E-state index contributed by atoms with van der Waals surface area (Å²) < 4.78 is 0. The van der Waals surface area contributed by atoms with Gasteiger partial charge in [0.1, 0.15) is 0 Å². The van der Waals surface area contributed by atoms with Crippen LogP contribution in [0.15, 0.2) is 24.4 Å². The summed E-state index contributed by atoms with van der Waals surface area (Å²) in [4.78, 5) is 17.0. The molecule has 0 unspecified atom stereocenters. The van der Waals surface area contributed by atoms with E-state index in [0.29, 0.717) is 6.42 Å². The van der Waals surface area contributed by atoms with E-state index in [9.17, 15) is 4.79 Å². The number of hydrogen-bond donors (Lipinski definition) is 0. The van der Waals surface area contributed by atoms with Crippen molar-refractivity contribution in [3.05, 3.63) is 51.0 Å². The first-order chi connectivity index (χ1) is 8.72. The molecular formula is C15H15NOS. The SMILES string of the molecule is Cc1ncc(C(=O)Cc2ccc3c(c2)CCC3)s1. The maximum atomic E-state index is 12.1. The lowest BCUT2D eigenvalue weighted by molar-refractivity contribution is 0.0996. The number of ketones is 1. The Morgan fingerprint density at radius 3 is 2.94 bits per heavy atom. The fourth-order valence-electron chi connectivity index (χ4n) is 2.50. The molecule has 1 aromatic carbocycles. The van der Waals surface area contributed by atoms with Gasteiger partial charge in [0.15, 0.2) is 5.78 Å². The molecule has 1 aromatic heterocycles. The molecule has 0 fully saturated rings. The van der Waals surface area contributed by atoms with Gasteiger partial charge in [-0.15, -0.1) is 11.3 Å². The standard InChI is InChI=1S/C15H15NOS/c1-10-16-9-15(18-10)14(17)8-11-5-6-12-3-2-4-13(12)7-11/h5-7,9H,2-4,8H2,1H3. The van der Waals surface area contributed by atoms with Crippen LogP contribution in [0.1, 0.15) is 37.8 Å². The maximum Gasteiger partial charge on any atom is 0.178 e. The number of fused-ring (bicyclic) bond motifs is 1. The molecule has 0 atom stereocenters. The Bertz CT molecular complexity index is 600. The van der Waals surface area contributed by atoms with Crippen molar-refractivity contribution in [3.63, 3.8) is 0 Å². The normalized spacial score (nSPS) is 13.6. The van der Waals surface area contributed by atoms with Gasteiger partial charge in [-0.3, -0.25) is 4.79 Å². The third-order valence-electron chi connectivity index (χ3n) is 3.42. The second-order valence-corrected chi connectivity index (χ2v) is 6.03. The van der Waals surface area contributed by atoms with E-state index in [4.69, 9.17) is 0 Å². The second-order valence-electron chi connectivity index (χ2n) is 4.80. The first-order valence-corrected chi connectivity index (χ1v) is 7.10. The average Bonchev–Trinajstić information content (AvgIpc) is 2.96. The number of hydrogen-bond acceptors (Lipinski definition) is 3. The van der Waals surface area contributed by atoms with Crippen molar-refractivity contribution >= 4 is 17.1 Å². The Morgan fingerprint density at radius 2 is 2.17 bits per heavy atom. The molecule has 1 aliphatic carbocycles. The molecule has 0 spiro atoms. The molecule has 0 saturated carbocycles. The minimum absolute atomic E-state index is 0.179. The van der Waals surface area contributed by atoms with Crippen LogP contribution in [0.2, 0.25) is 0 Å². The topological polar surface area (TPSA) is 30.0 Å². The Labute approximate surface area is 111 Å². The van der Waals surface area contributed by atoms with Crippen LogP contribution in [0, 0.1) is 6.92 Å². The van der Waals surface area contributed by atoms with Gasteiger partial charge in [0.2, 0.25) is 0 Å². The Morgan fingerprint density at radius 1 is 1.33 bits per heavy atom. The van der Waals surface area contributed by atoms with Crippen molar-refractivity contribution < 1.29 is 4.79 Å². The van der Waals surface area contributed by atoms with Gasteiger partial charge in [0, 0.05) is 12.6 Å². The highest BCUT2D eigenvalue weighted by Crippen LogP contribution is 2.24. The smallest absolute Gasteiger partial charge is 0.178 e. The van der Waals surface area contributed by atoms with E-state index in [1.165, 1.54) is 35.3 Å². The first-order valence-electron chi connectivity index (χ1n) is 6.29. The molecule has 1 aliphatic rings. The highest BCUT2D eigenvalue weighted by atomic mass is 32.1. The van der Waals surface area contributed by atoms with Crippen LogP contribution in [0.4, 0.5) is 0 Å². The Balaban J connectivity index is 1.78. The van der Waals surface area contributed by atoms with Crippen molar-refractivity contribution in [1.82, 2.24) is 4.98 Å². The molecule has 2 aromatic rings. The van der Waals surface area contributed by atoms with Crippen molar-refractivity contribution in [2.45, 2.75) is 32.6 Å². The van der Waals surface area contributed by atoms with Crippen molar-refractivity contribution in [2.24, 2.45) is 0 Å². The molecule has 18 heavy (non-hydrogen) atoms. The van der Waals surface area contributed by atoms with Crippen LogP contribution in [-0.2, 0) is 19.3 Å². The van der Waals surface area contributed by atoms with Crippen LogP contribution in [0.5, 0.6) is 0 Å². The number of Topliss-reactive ketones (excluding diaryl/α,β-unsaturated/α-hetero) is 1. The third kappa shape index (κ3) is 2.23. The van der Waals surface area contributed by atoms with Crippen LogP contribution < -0.4 is 0 Å². The number of aromatic nitrogens is 1. The Kier molecular flexibility index (Phi) is 3.00. The van der Waals surface area contributed by atoms with Gasteiger partial charge >= 0.3 is 0 Å². The van der Waals surface area contributed by atoms with Crippen molar-refractivity contribution in [2.75, 3.05) is 0 Å². The second kappa shape index (κ2) is 4.65. The third-order valence-corrected chi connectivity index (χ3v) is 4.38. The van der Waals surface area contributed by atoms with Gasteiger partial charge < -0.3 is 0 Å². The summed E-state index contributed by atoms with van der Waals surface area (Å²) >= 11 is 1.48. The largest absolute Gasteiger partial charge is 0.293 e. The predicted molar refractivity (Wildman–Crippen MR) is 73.4 cm³/mol. The Hall–Kier alpha value is -1.48. The number of carbonyl (C=O) groups is 1. The summed E-state index contributed by atoms with van der Waals surface area (Å²) in [5.41, 5.74) is 4.02. The lowest BCUT2D eigenvalue weighted by Crippen LogP contribution is -2.01. The zero-order valence-electron chi connectivity index (χ0n) is 10.4. The molecule has 0 radical (unpaired) electrons. The fourth-order valence-corrected chi connectivity index (χ4v) is 3.21. The van der Waals surface area contributed by atoms with Gasteiger partial charge in [-0.05, 0) is 42.9 Å². The summed E-state index contributed by atoms with van der Waals surface area (Å²) in [5.74, 6) is 0.179. The molecule has 1 heterocycles. The number of nitrogens with zero attached hydrogens (tertiary/aromatic N) is 1.